The van der Waals surface area contributed by atoms with Gasteiger partial charge in [0.15, 0.2) is 11.2 Å². The molecule has 1 aliphatic heterocycles. The summed E-state index contributed by atoms with van der Waals surface area (Å²) in [5.41, 5.74) is 6.21. The van der Waals surface area contributed by atoms with Crippen LogP contribution in [-0.4, -0.2) is 27.5 Å². The monoisotopic (exact) mass is 223 g/mol. The highest BCUT2D eigenvalue weighted by Gasteiger charge is 2.42. The lowest BCUT2D eigenvalue weighted by Crippen LogP contribution is -2.55. The summed E-state index contributed by atoms with van der Waals surface area (Å²) >= 11 is 1.04. The highest BCUT2D eigenvalue weighted by molar-refractivity contribution is 8.01. The third-order valence-electron chi connectivity index (χ3n) is 1.94. The summed E-state index contributed by atoms with van der Waals surface area (Å²) in [6.07, 6.45) is 3.80. The zero-order valence-corrected chi connectivity index (χ0v) is 8.37. The first-order chi connectivity index (χ1) is 7.13. The van der Waals surface area contributed by atoms with Crippen LogP contribution in [0.25, 0.3) is 0 Å². The largest absolute Gasteiger partial charge is 0.304 e. The molecule has 7 heteroatoms. The molecule has 3 N–H and O–H groups in total. The molecule has 1 saturated heterocycles. The molecule has 0 aromatic carbocycles. The zero-order chi connectivity index (χ0) is 10.9. The van der Waals surface area contributed by atoms with Gasteiger partial charge in [-0.2, -0.15) is 0 Å². The lowest BCUT2D eigenvalue weighted by Gasteiger charge is -2.29. The number of nitrogens with zero attached hydrogens (tertiary/aromatic N) is 2. The van der Waals surface area contributed by atoms with Crippen LogP contribution >= 0.6 is 11.8 Å². The number of hydrogen-bond donors (Lipinski definition) is 2. The quantitative estimate of drug-likeness (QED) is 0.579. The number of thioether (sulfide) groups is 1. The first-order valence-electron chi connectivity index (χ1n) is 4.09. The van der Waals surface area contributed by atoms with Crippen molar-refractivity contribution in [1.29, 1.82) is 0 Å². The van der Waals surface area contributed by atoms with Gasteiger partial charge in [0, 0.05) is 6.20 Å². The maximum atomic E-state index is 11.6. The van der Waals surface area contributed by atoms with Crippen LogP contribution in [0.5, 0.6) is 0 Å². The fourth-order valence-electron chi connectivity index (χ4n) is 1.16. The first kappa shape index (κ1) is 10.1. The second-order valence-corrected chi connectivity index (χ2v) is 4.16. The Hall–Kier alpha value is -1.47. The van der Waals surface area contributed by atoms with Gasteiger partial charge in [-0.3, -0.25) is 14.9 Å². The number of amides is 2. The van der Waals surface area contributed by atoms with E-state index in [0.717, 1.165) is 11.8 Å². The standard InChI is InChI=1S/C8H7N4O2S/c9-8(5-1-2-10-4-11-5)7(14)12-6(13)3-15-8/h1-2H,3,9H2,(H,12,13,14). The lowest BCUT2D eigenvalue weighted by molar-refractivity contribution is -0.131. The highest BCUT2D eigenvalue weighted by Crippen LogP contribution is 2.31. The Labute approximate surface area is 89.7 Å². The summed E-state index contributed by atoms with van der Waals surface area (Å²) in [6, 6.07) is 1.53. The predicted molar refractivity (Wildman–Crippen MR) is 52.3 cm³/mol. The molecule has 2 rings (SSSR count). The summed E-state index contributed by atoms with van der Waals surface area (Å²) in [4.78, 5) is 28.6. The van der Waals surface area contributed by atoms with Gasteiger partial charge in [0.2, 0.25) is 5.91 Å². The number of rotatable bonds is 1. The number of nitrogens with two attached hydrogens (primary N) is 1. The van der Waals surface area contributed by atoms with Gasteiger partial charge in [0.1, 0.15) is 0 Å². The normalized spacial score (nSPS) is 26.2. The molecule has 1 radical (unpaired) electrons. The van der Waals surface area contributed by atoms with Crippen LogP contribution in [0.2, 0.25) is 0 Å². The van der Waals surface area contributed by atoms with Crippen molar-refractivity contribution in [2.75, 3.05) is 5.75 Å². The smallest absolute Gasteiger partial charge is 0.263 e. The Morgan fingerprint density at radius 3 is 3.00 bits per heavy atom. The van der Waals surface area contributed by atoms with E-state index in [1.54, 1.807) is 0 Å². The van der Waals surface area contributed by atoms with Gasteiger partial charge < -0.3 is 5.73 Å². The second-order valence-electron chi connectivity index (χ2n) is 2.94. The minimum atomic E-state index is -1.33. The fourth-order valence-corrected chi connectivity index (χ4v) is 2.03. The number of carbonyl (C=O) groups is 2. The van der Waals surface area contributed by atoms with E-state index in [-0.39, 0.29) is 11.7 Å². The van der Waals surface area contributed by atoms with Gasteiger partial charge in [-0.05, 0) is 6.07 Å². The molecule has 77 valence electrons. The average Bonchev–Trinajstić information content (AvgIpc) is 2.25. The summed E-state index contributed by atoms with van der Waals surface area (Å²) in [6.45, 7) is 0. The Morgan fingerprint density at radius 1 is 1.60 bits per heavy atom. The molecule has 0 bridgehead atoms. The molecule has 0 spiro atoms. The van der Waals surface area contributed by atoms with Crippen LogP contribution in [0, 0.1) is 6.33 Å². The molecule has 1 aromatic heterocycles. The minimum Gasteiger partial charge on any atom is -0.304 e. The SMILES string of the molecule is NC1(c2ccn[c]n2)SCC(=O)NC1=O. The third kappa shape index (κ3) is 1.71. The molecule has 1 unspecified atom stereocenters. The van der Waals surface area contributed by atoms with Crippen LogP contribution in [0.4, 0.5) is 0 Å². The van der Waals surface area contributed by atoms with Crippen LogP contribution in [-0.2, 0) is 14.5 Å². The van der Waals surface area contributed by atoms with Crippen molar-refractivity contribution in [2.24, 2.45) is 5.73 Å². The van der Waals surface area contributed by atoms with Gasteiger partial charge in [-0.15, -0.1) is 11.8 Å². The predicted octanol–water partition coefficient (Wildman–Crippen LogP) is -1.22. The van der Waals surface area contributed by atoms with Gasteiger partial charge >= 0.3 is 0 Å². The van der Waals surface area contributed by atoms with Crippen molar-refractivity contribution < 1.29 is 9.59 Å². The van der Waals surface area contributed by atoms with E-state index in [2.05, 4.69) is 21.6 Å². The van der Waals surface area contributed by atoms with Gasteiger partial charge in [0.25, 0.3) is 5.91 Å². The van der Waals surface area contributed by atoms with Crippen LogP contribution in [0.1, 0.15) is 5.69 Å². The molecule has 1 aromatic rings. The van der Waals surface area contributed by atoms with E-state index in [1.165, 1.54) is 12.3 Å². The molecule has 15 heavy (non-hydrogen) atoms. The van der Waals surface area contributed by atoms with E-state index in [0.29, 0.717) is 5.69 Å². The number of imide groups is 1. The number of nitrogens with one attached hydrogen (secondary N) is 1. The summed E-state index contributed by atoms with van der Waals surface area (Å²) in [5.74, 6) is -0.772. The maximum absolute atomic E-state index is 11.6. The Kier molecular flexibility index (Phi) is 2.41. The van der Waals surface area contributed by atoms with E-state index in [4.69, 9.17) is 5.73 Å². The molecule has 2 amide bonds. The van der Waals surface area contributed by atoms with Crippen molar-refractivity contribution in [3.63, 3.8) is 0 Å². The highest BCUT2D eigenvalue weighted by atomic mass is 32.2. The number of carbonyl (C=O) groups excluding carboxylic acids is 2. The lowest BCUT2D eigenvalue weighted by atomic mass is 10.2. The Bertz CT molecular complexity index is 410. The van der Waals surface area contributed by atoms with Gasteiger partial charge in [-0.25, -0.2) is 9.97 Å². The topological polar surface area (TPSA) is 98.0 Å². The molecular formula is C8H7N4O2S. The van der Waals surface area contributed by atoms with Crippen molar-refractivity contribution >= 4 is 23.6 Å². The third-order valence-corrected chi connectivity index (χ3v) is 3.19. The summed E-state index contributed by atoms with van der Waals surface area (Å²) in [7, 11) is 0. The Morgan fingerprint density at radius 2 is 2.40 bits per heavy atom. The van der Waals surface area contributed by atoms with Crippen molar-refractivity contribution in [2.45, 2.75) is 4.87 Å². The summed E-state index contributed by atoms with van der Waals surface area (Å²) < 4.78 is 0. The van der Waals surface area contributed by atoms with Crippen LogP contribution in [0.15, 0.2) is 12.3 Å². The molecule has 2 heterocycles. The van der Waals surface area contributed by atoms with Crippen LogP contribution in [0.3, 0.4) is 0 Å². The zero-order valence-electron chi connectivity index (χ0n) is 7.56. The molecule has 6 nitrogen and oxygen atoms in total. The minimum absolute atomic E-state index is 0.131. The molecule has 0 saturated carbocycles. The molecule has 0 aliphatic carbocycles. The summed E-state index contributed by atoms with van der Waals surface area (Å²) in [5, 5.41) is 2.17. The van der Waals surface area contributed by atoms with Gasteiger partial charge in [-0.1, -0.05) is 0 Å². The number of aromatic nitrogens is 2. The molecule has 1 aliphatic rings. The van der Waals surface area contributed by atoms with Crippen molar-refractivity contribution in [3.05, 3.63) is 24.3 Å². The van der Waals surface area contributed by atoms with E-state index >= 15 is 0 Å². The van der Waals surface area contributed by atoms with E-state index in [1.807, 2.05) is 0 Å². The second kappa shape index (κ2) is 3.59. The van der Waals surface area contributed by atoms with Crippen molar-refractivity contribution in [3.8, 4) is 0 Å². The van der Waals surface area contributed by atoms with E-state index < -0.39 is 10.8 Å². The molecule has 1 fully saturated rings. The van der Waals surface area contributed by atoms with Crippen molar-refractivity contribution in [1.82, 2.24) is 15.3 Å². The molecule has 1 atom stereocenters. The number of hydrogen-bond acceptors (Lipinski definition) is 6. The van der Waals surface area contributed by atoms with Crippen LogP contribution < -0.4 is 11.1 Å². The van der Waals surface area contributed by atoms with E-state index in [9.17, 15) is 9.59 Å². The average molecular weight is 223 g/mol. The van der Waals surface area contributed by atoms with Gasteiger partial charge in [0.05, 0.1) is 11.4 Å². The Balaban J connectivity index is 2.35. The first-order valence-corrected chi connectivity index (χ1v) is 5.08. The fraction of sp³-hybridized carbons (Fsp3) is 0.250. The molecular weight excluding hydrogens is 216 g/mol. The maximum Gasteiger partial charge on any atom is 0.263 e.